The maximum absolute atomic E-state index is 12.3. The van der Waals surface area contributed by atoms with Crippen molar-refractivity contribution in [1.29, 1.82) is 0 Å². The van der Waals surface area contributed by atoms with Crippen LogP contribution < -0.4 is 5.32 Å². The number of ether oxygens (including phenoxy) is 1. The van der Waals surface area contributed by atoms with Gasteiger partial charge in [-0.15, -0.1) is 0 Å². The van der Waals surface area contributed by atoms with Gasteiger partial charge in [-0.25, -0.2) is 8.78 Å². The first-order chi connectivity index (χ1) is 9.65. The number of hydrogen-bond acceptors (Lipinski definition) is 3. The summed E-state index contributed by atoms with van der Waals surface area (Å²) in [5, 5.41) is 2.99. The van der Waals surface area contributed by atoms with Gasteiger partial charge in [0.25, 0.3) is 6.43 Å². The average molecular weight is 290 g/mol. The van der Waals surface area contributed by atoms with Crippen LogP contribution in [-0.2, 0) is 9.53 Å². The quantitative estimate of drug-likeness (QED) is 0.834. The largest absolute Gasteiger partial charge is 0.381 e. The topological polar surface area (TPSA) is 41.6 Å². The molecule has 0 aromatic heterocycles. The molecule has 2 aliphatic heterocycles. The molecular formula is C14H24F2N2O2. The molecule has 0 spiro atoms. The van der Waals surface area contributed by atoms with E-state index in [0.29, 0.717) is 32.2 Å². The van der Waals surface area contributed by atoms with E-state index in [0.717, 1.165) is 32.3 Å². The molecule has 0 radical (unpaired) electrons. The zero-order valence-electron chi connectivity index (χ0n) is 11.8. The fourth-order valence-electron chi connectivity index (χ4n) is 2.91. The smallest absolute Gasteiger partial charge is 0.251 e. The lowest BCUT2D eigenvalue weighted by Gasteiger charge is -2.32. The normalized spacial score (nSPS) is 25.9. The molecule has 2 aliphatic rings. The molecule has 0 unspecified atom stereocenters. The van der Waals surface area contributed by atoms with Gasteiger partial charge in [0.1, 0.15) is 0 Å². The van der Waals surface area contributed by atoms with Crippen LogP contribution >= 0.6 is 0 Å². The number of rotatable bonds is 5. The van der Waals surface area contributed by atoms with Gasteiger partial charge >= 0.3 is 0 Å². The number of carbonyl (C=O) groups is 1. The van der Waals surface area contributed by atoms with Crippen molar-refractivity contribution in [3.05, 3.63) is 0 Å². The first kappa shape index (κ1) is 15.6. The Balaban J connectivity index is 1.61. The van der Waals surface area contributed by atoms with Gasteiger partial charge in [-0.05, 0) is 44.7 Å². The average Bonchev–Trinajstić information content (AvgIpc) is 2.46. The Bertz CT molecular complexity index is 302. The van der Waals surface area contributed by atoms with Crippen LogP contribution in [0.4, 0.5) is 8.78 Å². The Kier molecular flexibility index (Phi) is 6.16. The van der Waals surface area contributed by atoms with Crippen LogP contribution in [0, 0.1) is 11.8 Å². The Morgan fingerprint density at radius 2 is 2.05 bits per heavy atom. The predicted octanol–water partition coefficient (Wildman–Crippen LogP) is 1.51. The van der Waals surface area contributed by atoms with Crippen molar-refractivity contribution in [1.82, 2.24) is 10.2 Å². The van der Waals surface area contributed by atoms with Crippen LogP contribution in [0.15, 0.2) is 0 Å². The van der Waals surface area contributed by atoms with Crippen LogP contribution in [-0.4, -0.2) is 56.6 Å². The van der Waals surface area contributed by atoms with E-state index in [1.165, 1.54) is 0 Å². The molecular weight excluding hydrogens is 266 g/mol. The summed E-state index contributed by atoms with van der Waals surface area (Å²) in [5.74, 6) is 0.486. The lowest BCUT2D eigenvalue weighted by molar-refractivity contribution is -0.129. The molecule has 0 saturated carbocycles. The van der Waals surface area contributed by atoms with Crippen molar-refractivity contribution < 1.29 is 18.3 Å². The fraction of sp³-hybridized carbons (Fsp3) is 0.929. The number of halogens is 2. The molecule has 6 heteroatoms. The zero-order chi connectivity index (χ0) is 14.4. The Morgan fingerprint density at radius 3 is 2.65 bits per heavy atom. The second-order valence-corrected chi connectivity index (χ2v) is 5.79. The highest BCUT2D eigenvalue weighted by atomic mass is 19.3. The standard InChI is InChI=1S/C14H24F2N2O2/c15-13(16)9-18-5-3-11(4-6-18)8-17-14(19)12-2-1-7-20-10-12/h11-13H,1-10H2,(H,17,19)/t12-/m1/s1. The number of piperidine rings is 1. The SMILES string of the molecule is O=C(NCC1CCN(CC(F)F)CC1)[C@@H]1CCCOC1. The third-order valence-electron chi connectivity index (χ3n) is 4.20. The second-order valence-electron chi connectivity index (χ2n) is 5.79. The summed E-state index contributed by atoms with van der Waals surface area (Å²) in [5.41, 5.74) is 0. The van der Waals surface area contributed by atoms with E-state index < -0.39 is 6.43 Å². The highest BCUT2D eigenvalue weighted by molar-refractivity contribution is 5.78. The van der Waals surface area contributed by atoms with E-state index in [9.17, 15) is 13.6 Å². The Morgan fingerprint density at radius 1 is 1.30 bits per heavy atom. The Labute approximate surface area is 118 Å². The molecule has 2 rings (SSSR count). The van der Waals surface area contributed by atoms with Gasteiger partial charge < -0.3 is 10.1 Å². The summed E-state index contributed by atoms with van der Waals surface area (Å²) < 4.78 is 29.8. The van der Waals surface area contributed by atoms with Crippen molar-refractivity contribution in [3.63, 3.8) is 0 Å². The third-order valence-corrected chi connectivity index (χ3v) is 4.20. The maximum Gasteiger partial charge on any atom is 0.251 e. The molecule has 116 valence electrons. The van der Waals surface area contributed by atoms with E-state index in [1.54, 1.807) is 4.90 Å². The van der Waals surface area contributed by atoms with Crippen molar-refractivity contribution in [3.8, 4) is 0 Å². The Hall–Kier alpha value is -0.750. The van der Waals surface area contributed by atoms with Gasteiger partial charge in [-0.1, -0.05) is 0 Å². The fourth-order valence-corrected chi connectivity index (χ4v) is 2.91. The number of nitrogens with one attached hydrogen (secondary N) is 1. The van der Waals surface area contributed by atoms with Gasteiger partial charge in [-0.3, -0.25) is 9.69 Å². The number of amides is 1. The van der Waals surface area contributed by atoms with Gasteiger partial charge in [0, 0.05) is 13.2 Å². The molecule has 2 fully saturated rings. The van der Waals surface area contributed by atoms with Crippen molar-refractivity contribution in [2.75, 3.05) is 39.4 Å². The summed E-state index contributed by atoms with van der Waals surface area (Å²) in [6.45, 7) is 3.23. The first-order valence-electron chi connectivity index (χ1n) is 7.51. The van der Waals surface area contributed by atoms with E-state index >= 15 is 0 Å². The van der Waals surface area contributed by atoms with Gasteiger partial charge in [-0.2, -0.15) is 0 Å². The molecule has 0 bridgehead atoms. The van der Waals surface area contributed by atoms with Gasteiger partial charge in [0.15, 0.2) is 0 Å². The minimum absolute atomic E-state index is 0.0114. The van der Waals surface area contributed by atoms with Gasteiger partial charge in [0.05, 0.1) is 19.1 Å². The van der Waals surface area contributed by atoms with Crippen LogP contribution in [0.2, 0.25) is 0 Å². The monoisotopic (exact) mass is 290 g/mol. The van der Waals surface area contributed by atoms with Crippen molar-refractivity contribution in [2.24, 2.45) is 11.8 Å². The van der Waals surface area contributed by atoms with Crippen LogP contribution in [0.3, 0.4) is 0 Å². The number of nitrogens with zero attached hydrogens (tertiary/aromatic N) is 1. The number of hydrogen-bond donors (Lipinski definition) is 1. The molecule has 2 heterocycles. The first-order valence-corrected chi connectivity index (χ1v) is 7.51. The molecule has 2 saturated heterocycles. The van der Waals surface area contributed by atoms with Crippen molar-refractivity contribution in [2.45, 2.75) is 32.1 Å². The zero-order valence-corrected chi connectivity index (χ0v) is 11.8. The lowest BCUT2D eigenvalue weighted by atomic mass is 9.96. The molecule has 0 aliphatic carbocycles. The molecule has 1 amide bonds. The van der Waals surface area contributed by atoms with E-state index in [1.807, 2.05) is 0 Å². The molecule has 20 heavy (non-hydrogen) atoms. The lowest BCUT2D eigenvalue weighted by Crippen LogP contribution is -2.42. The molecule has 0 aromatic rings. The highest BCUT2D eigenvalue weighted by Gasteiger charge is 2.24. The molecule has 1 atom stereocenters. The van der Waals surface area contributed by atoms with E-state index in [2.05, 4.69) is 5.32 Å². The van der Waals surface area contributed by atoms with Crippen LogP contribution in [0.5, 0.6) is 0 Å². The molecule has 1 N–H and O–H groups in total. The highest BCUT2D eigenvalue weighted by Crippen LogP contribution is 2.18. The number of alkyl halides is 2. The molecule has 0 aromatic carbocycles. The van der Waals surface area contributed by atoms with Crippen LogP contribution in [0.1, 0.15) is 25.7 Å². The third kappa shape index (κ3) is 4.98. The summed E-state index contributed by atoms with van der Waals surface area (Å²) in [6, 6.07) is 0. The van der Waals surface area contributed by atoms with E-state index in [-0.39, 0.29) is 18.4 Å². The molecule has 4 nitrogen and oxygen atoms in total. The minimum Gasteiger partial charge on any atom is -0.381 e. The summed E-state index contributed by atoms with van der Waals surface area (Å²) in [4.78, 5) is 13.8. The van der Waals surface area contributed by atoms with E-state index in [4.69, 9.17) is 4.74 Å². The summed E-state index contributed by atoms with van der Waals surface area (Å²) in [7, 11) is 0. The second kappa shape index (κ2) is 7.88. The maximum atomic E-state index is 12.3. The van der Waals surface area contributed by atoms with Crippen LogP contribution in [0.25, 0.3) is 0 Å². The number of carbonyl (C=O) groups excluding carboxylic acids is 1. The summed E-state index contributed by atoms with van der Waals surface area (Å²) >= 11 is 0. The summed E-state index contributed by atoms with van der Waals surface area (Å²) in [6.07, 6.45) is 1.36. The minimum atomic E-state index is -2.25. The number of likely N-dealkylation sites (tertiary alicyclic amines) is 1. The van der Waals surface area contributed by atoms with Gasteiger partial charge in [0.2, 0.25) is 5.91 Å². The van der Waals surface area contributed by atoms with Crippen molar-refractivity contribution >= 4 is 5.91 Å². The predicted molar refractivity (Wildman–Crippen MR) is 71.7 cm³/mol.